The van der Waals surface area contributed by atoms with Gasteiger partial charge < -0.3 is 15.4 Å². The first-order chi connectivity index (χ1) is 18.0. The Hall–Kier alpha value is -3.19. The van der Waals surface area contributed by atoms with E-state index in [1.807, 2.05) is 46.0 Å². The van der Waals surface area contributed by atoms with E-state index < -0.39 is 17.6 Å². The predicted molar refractivity (Wildman–Crippen MR) is 157 cm³/mol. The molecule has 214 valence electrons. The summed E-state index contributed by atoms with van der Waals surface area (Å²) < 4.78 is 5.48. The van der Waals surface area contributed by atoms with Gasteiger partial charge in [0.25, 0.3) is 0 Å². The summed E-state index contributed by atoms with van der Waals surface area (Å²) in [6, 6.07) is 14.7. The van der Waals surface area contributed by atoms with Crippen LogP contribution in [0.3, 0.4) is 0 Å². The van der Waals surface area contributed by atoms with Crippen molar-refractivity contribution in [2.75, 3.05) is 13.6 Å². The van der Waals surface area contributed by atoms with Crippen LogP contribution in [0.2, 0.25) is 0 Å². The van der Waals surface area contributed by atoms with E-state index in [1.165, 1.54) is 0 Å². The van der Waals surface area contributed by atoms with Crippen molar-refractivity contribution in [3.8, 4) is 5.75 Å². The molecule has 7 nitrogen and oxygen atoms in total. The van der Waals surface area contributed by atoms with Crippen LogP contribution in [0, 0.1) is 11.3 Å². The Balaban J connectivity index is 2.21. The Labute approximate surface area is 234 Å². The topological polar surface area (TPSA) is 87.7 Å². The Bertz CT molecular complexity index is 1080. The number of amides is 2. The van der Waals surface area contributed by atoms with Crippen molar-refractivity contribution in [1.82, 2.24) is 15.5 Å². The molecule has 0 spiro atoms. The van der Waals surface area contributed by atoms with Gasteiger partial charge in [0.2, 0.25) is 11.8 Å². The molecule has 2 rings (SSSR count). The number of esters is 1. The molecule has 0 aliphatic heterocycles. The third-order valence-corrected chi connectivity index (χ3v) is 5.97. The molecule has 2 N–H and O–H groups in total. The molecular formula is C32H47N3O4. The Kier molecular flexibility index (Phi) is 11.3. The molecule has 0 fully saturated rings. The van der Waals surface area contributed by atoms with Crippen LogP contribution in [0.1, 0.15) is 77.7 Å². The number of ether oxygens (including phenoxy) is 1. The van der Waals surface area contributed by atoms with Crippen LogP contribution in [0.25, 0.3) is 0 Å². The largest absolute Gasteiger partial charge is 0.423 e. The highest BCUT2D eigenvalue weighted by Crippen LogP contribution is 2.20. The minimum atomic E-state index is -0.757. The number of benzene rings is 2. The van der Waals surface area contributed by atoms with Gasteiger partial charge in [-0.05, 0) is 75.4 Å². The summed E-state index contributed by atoms with van der Waals surface area (Å²) in [4.78, 5) is 41.4. The van der Waals surface area contributed by atoms with E-state index in [2.05, 4.69) is 50.2 Å². The maximum atomic E-state index is 13.6. The van der Waals surface area contributed by atoms with Crippen LogP contribution < -0.4 is 15.4 Å². The van der Waals surface area contributed by atoms with Gasteiger partial charge in [0.1, 0.15) is 11.8 Å². The van der Waals surface area contributed by atoms with Gasteiger partial charge in [-0.3, -0.25) is 14.5 Å². The summed E-state index contributed by atoms with van der Waals surface area (Å²) >= 11 is 0. The molecule has 0 saturated carbocycles. The summed E-state index contributed by atoms with van der Waals surface area (Å²) in [5.74, 6) is -0.104. The van der Waals surface area contributed by atoms with Gasteiger partial charge in [0, 0.05) is 18.5 Å². The fraction of sp³-hybridized carbons (Fsp3) is 0.531. The van der Waals surface area contributed by atoms with E-state index in [-0.39, 0.29) is 23.3 Å². The lowest BCUT2D eigenvalue weighted by atomic mass is 9.93. The minimum absolute atomic E-state index is 0.0268. The second-order valence-corrected chi connectivity index (χ2v) is 13.0. The van der Waals surface area contributed by atoms with Crippen molar-refractivity contribution in [1.29, 1.82) is 0 Å². The zero-order valence-corrected chi connectivity index (χ0v) is 25.1. The lowest BCUT2D eigenvalue weighted by Crippen LogP contribution is -2.57. The van der Waals surface area contributed by atoms with Crippen molar-refractivity contribution in [2.24, 2.45) is 11.3 Å². The van der Waals surface area contributed by atoms with Crippen LogP contribution >= 0.6 is 0 Å². The zero-order valence-electron chi connectivity index (χ0n) is 25.1. The minimum Gasteiger partial charge on any atom is -0.423 e. The fourth-order valence-corrected chi connectivity index (χ4v) is 4.40. The second-order valence-electron chi connectivity index (χ2n) is 13.0. The van der Waals surface area contributed by atoms with Crippen molar-refractivity contribution in [2.45, 2.75) is 85.9 Å². The smallest absolute Gasteiger partial charge is 0.343 e. The van der Waals surface area contributed by atoms with Gasteiger partial charge >= 0.3 is 5.97 Å². The number of hydrogen-bond donors (Lipinski definition) is 2. The average Bonchev–Trinajstić information content (AvgIpc) is 2.81. The maximum absolute atomic E-state index is 13.6. The molecule has 2 aromatic rings. The molecule has 2 amide bonds. The number of carbonyl (C=O) groups is 3. The van der Waals surface area contributed by atoms with Gasteiger partial charge in [0.15, 0.2) is 0 Å². The number of carbonyl (C=O) groups excluding carboxylic acids is 3. The van der Waals surface area contributed by atoms with Crippen molar-refractivity contribution >= 4 is 17.8 Å². The third kappa shape index (κ3) is 11.6. The molecule has 0 aliphatic carbocycles. The zero-order chi connectivity index (χ0) is 29.4. The van der Waals surface area contributed by atoms with Crippen LogP contribution in [0.15, 0.2) is 54.6 Å². The average molecular weight is 538 g/mol. The van der Waals surface area contributed by atoms with Gasteiger partial charge in [-0.2, -0.15) is 0 Å². The van der Waals surface area contributed by atoms with Gasteiger partial charge in [0.05, 0.1) is 11.6 Å². The second kappa shape index (κ2) is 13.7. The molecular weight excluding hydrogens is 490 g/mol. The number of nitrogens with zero attached hydrogens (tertiary/aromatic N) is 1. The first-order valence-electron chi connectivity index (χ1n) is 13.7. The van der Waals surface area contributed by atoms with Gasteiger partial charge in [-0.15, -0.1) is 0 Å². The van der Waals surface area contributed by atoms with Crippen LogP contribution in [-0.2, 0) is 16.0 Å². The highest BCUT2D eigenvalue weighted by Gasteiger charge is 2.31. The van der Waals surface area contributed by atoms with Crippen molar-refractivity contribution < 1.29 is 19.1 Å². The maximum Gasteiger partial charge on any atom is 0.343 e. The molecule has 0 unspecified atom stereocenters. The lowest BCUT2D eigenvalue weighted by molar-refractivity contribution is -0.133. The van der Waals surface area contributed by atoms with E-state index in [1.54, 1.807) is 36.4 Å². The number of likely N-dealkylation sites (N-methyl/N-ethyl adjacent to an activating group) is 1. The van der Waals surface area contributed by atoms with Crippen LogP contribution in [-0.4, -0.2) is 53.9 Å². The number of rotatable bonds is 11. The Morgan fingerprint density at radius 3 is 1.97 bits per heavy atom. The quantitative estimate of drug-likeness (QED) is 0.302. The molecule has 2 aromatic carbocycles. The summed E-state index contributed by atoms with van der Waals surface area (Å²) in [7, 11) is 1.97. The summed E-state index contributed by atoms with van der Waals surface area (Å²) in [6.07, 6.45) is 0.992. The number of nitrogens with one attached hydrogen (secondary N) is 2. The van der Waals surface area contributed by atoms with E-state index >= 15 is 0 Å². The highest BCUT2D eigenvalue weighted by atomic mass is 16.5. The summed E-state index contributed by atoms with van der Waals surface area (Å²) in [5, 5.41) is 6.06. The molecule has 7 heteroatoms. The summed E-state index contributed by atoms with van der Waals surface area (Å²) in [5.41, 5.74) is 0.887. The van der Waals surface area contributed by atoms with Crippen molar-refractivity contribution in [3.63, 3.8) is 0 Å². The van der Waals surface area contributed by atoms with Crippen LogP contribution in [0.5, 0.6) is 5.75 Å². The first-order valence-corrected chi connectivity index (χ1v) is 13.7. The predicted octanol–water partition coefficient (Wildman–Crippen LogP) is 5.24. The van der Waals surface area contributed by atoms with E-state index in [0.717, 1.165) is 12.1 Å². The van der Waals surface area contributed by atoms with Crippen molar-refractivity contribution in [3.05, 3.63) is 65.7 Å². The SMILES string of the molecule is CC(C)C[C@@H](C(=O)N[C@@H](Cc1ccc(OC(=O)c2ccccc2)cc1)C(=O)NC(C)(C)C)N(C)CC(C)(C)C. The van der Waals surface area contributed by atoms with Gasteiger partial charge in [-0.1, -0.05) is 65.0 Å². The molecule has 0 bridgehead atoms. The molecule has 0 aliphatic rings. The standard InChI is InChI=1S/C32H47N3O4/c1-22(2)19-27(35(9)21-31(3,4)5)29(37)33-26(28(36)34-32(6,7)8)20-23-15-17-25(18-16-23)39-30(38)24-13-11-10-12-14-24/h10-18,22,26-27H,19-21H2,1-9H3,(H,33,37)(H,34,36)/t26-,27-/m0/s1. The highest BCUT2D eigenvalue weighted by molar-refractivity contribution is 5.91. The molecule has 0 heterocycles. The number of hydrogen-bond acceptors (Lipinski definition) is 5. The van der Waals surface area contributed by atoms with E-state index in [4.69, 9.17) is 4.74 Å². The van der Waals surface area contributed by atoms with E-state index in [9.17, 15) is 14.4 Å². The Morgan fingerprint density at radius 1 is 0.872 bits per heavy atom. The molecule has 39 heavy (non-hydrogen) atoms. The molecule has 0 radical (unpaired) electrons. The van der Waals surface area contributed by atoms with E-state index in [0.29, 0.717) is 30.1 Å². The molecule has 2 atom stereocenters. The summed E-state index contributed by atoms with van der Waals surface area (Å²) in [6.45, 7) is 17.1. The third-order valence-electron chi connectivity index (χ3n) is 5.97. The first kappa shape index (κ1) is 32.0. The van der Waals surface area contributed by atoms with Crippen LogP contribution in [0.4, 0.5) is 0 Å². The molecule has 0 saturated heterocycles. The normalized spacial score (nSPS) is 13.6. The monoisotopic (exact) mass is 537 g/mol. The Morgan fingerprint density at radius 2 is 1.46 bits per heavy atom. The lowest BCUT2D eigenvalue weighted by Gasteiger charge is -2.34. The fourth-order valence-electron chi connectivity index (χ4n) is 4.40. The molecule has 0 aromatic heterocycles. The van der Waals surface area contributed by atoms with Gasteiger partial charge in [-0.25, -0.2) is 4.79 Å².